The summed E-state index contributed by atoms with van der Waals surface area (Å²) in [6, 6.07) is 21.5. The Labute approximate surface area is 171 Å². The van der Waals surface area contributed by atoms with Gasteiger partial charge in [0.15, 0.2) is 6.61 Å². The normalized spacial score (nSPS) is 10.2. The van der Waals surface area contributed by atoms with E-state index < -0.39 is 0 Å². The van der Waals surface area contributed by atoms with Gasteiger partial charge in [-0.05, 0) is 61.0 Å². The van der Waals surface area contributed by atoms with Crippen LogP contribution in [0.15, 0.2) is 77.3 Å². The summed E-state index contributed by atoms with van der Waals surface area (Å²) in [5.74, 6) is 0.0666. The van der Waals surface area contributed by atoms with Crippen LogP contribution in [-0.4, -0.2) is 18.4 Å². The van der Waals surface area contributed by atoms with Crippen LogP contribution in [0.3, 0.4) is 0 Å². The van der Waals surface area contributed by atoms with E-state index in [0.29, 0.717) is 22.7 Å². The van der Waals surface area contributed by atoms with Gasteiger partial charge in [0.2, 0.25) is 0 Å². The number of hydrogen-bond acceptors (Lipinski definition) is 3. The second-order valence-corrected chi connectivity index (χ2v) is 7.00. The van der Waals surface area contributed by atoms with E-state index in [2.05, 4.69) is 26.6 Å². The fraction of sp³-hybridized carbons (Fsp3) is 0.0909. The molecule has 0 fully saturated rings. The molecule has 28 heavy (non-hydrogen) atoms. The van der Waals surface area contributed by atoms with Crippen LogP contribution in [0.4, 0.5) is 11.4 Å². The molecule has 2 amide bonds. The van der Waals surface area contributed by atoms with Crippen LogP contribution in [0.2, 0.25) is 0 Å². The molecule has 2 N–H and O–H groups in total. The third-order valence-electron chi connectivity index (χ3n) is 3.94. The van der Waals surface area contributed by atoms with Crippen molar-refractivity contribution in [3.05, 3.63) is 88.4 Å². The van der Waals surface area contributed by atoms with Crippen LogP contribution < -0.4 is 15.4 Å². The average Bonchev–Trinajstić information content (AvgIpc) is 2.70. The first kappa shape index (κ1) is 19.6. The van der Waals surface area contributed by atoms with Crippen molar-refractivity contribution in [3.8, 4) is 5.75 Å². The summed E-state index contributed by atoms with van der Waals surface area (Å²) in [5, 5.41) is 5.56. The number of anilines is 2. The topological polar surface area (TPSA) is 67.4 Å². The molecular weight excluding hydrogens is 420 g/mol. The molecule has 0 aliphatic heterocycles. The number of rotatable bonds is 6. The van der Waals surface area contributed by atoms with Gasteiger partial charge in [-0.15, -0.1) is 0 Å². The van der Waals surface area contributed by atoms with E-state index in [1.165, 1.54) is 0 Å². The fourth-order valence-corrected chi connectivity index (χ4v) is 2.76. The average molecular weight is 439 g/mol. The van der Waals surface area contributed by atoms with Crippen LogP contribution in [0.5, 0.6) is 5.75 Å². The molecule has 0 unspecified atom stereocenters. The Kier molecular flexibility index (Phi) is 6.45. The van der Waals surface area contributed by atoms with Gasteiger partial charge >= 0.3 is 0 Å². The molecule has 0 saturated heterocycles. The molecular formula is C22H19BrN2O3. The van der Waals surface area contributed by atoms with E-state index in [0.717, 1.165) is 10.0 Å². The van der Waals surface area contributed by atoms with Crippen LogP contribution in [-0.2, 0) is 4.79 Å². The molecule has 0 aromatic heterocycles. The minimum absolute atomic E-state index is 0.124. The van der Waals surface area contributed by atoms with Gasteiger partial charge in [-0.1, -0.05) is 40.2 Å². The highest BCUT2D eigenvalue weighted by Crippen LogP contribution is 2.21. The zero-order valence-electron chi connectivity index (χ0n) is 15.2. The van der Waals surface area contributed by atoms with Crippen molar-refractivity contribution in [2.45, 2.75) is 6.92 Å². The van der Waals surface area contributed by atoms with Crippen molar-refractivity contribution in [3.63, 3.8) is 0 Å². The zero-order chi connectivity index (χ0) is 19.9. The molecule has 5 nitrogen and oxygen atoms in total. The number of carbonyl (C=O) groups excluding carboxylic acids is 2. The molecule has 0 aliphatic rings. The minimum Gasteiger partial charge on any atom is -0.484 e. The van der Waals surface area contributed by atoms with Gasteiger partial charge in [0.25, 0.3) is 11.8 Å². The number of aryl methyl sites for hydroxylation is 1. The van der Waals surface area contributed by atoms with E-state index >= 15 is 0 Å². The highest BCUT2D eigenvalue weighted by molar-refractivity contribution is 9.10. The third-order valence-corrected chi connectivity index (χ3v) is 4.83. The molecule has 0 bridgehead atoms. The van der Waals surface area contributed by atoms with Gasteiger partial charge in [0.1, 0.15) is 5.75 Å². The molecule has 0 spiro atoms. The summed E-state index contributed by atoms with van der Waals surface area (Å²) in [7, 11) is 0. The number of carbonyl (C=O) groups is 2. The first-order valence-electron chi connectivity index (χ1n) is 8.66. The van der Waals surface area contributed by atoms with Gasteiger partial charge in [0.05, 0.1) is 0 Å². The smallest absolute Gasteiger partial charge is 0.262 e. The lowest BCUT2D eigenvalue weighted by molar-refractivity contribution is -0.118. The van der Waals surface area contributed by atoms with Crippen molar-refractivity contribution in [1.82, 2.24) is 0 Å². The molecule has 0 atom stereocenters. The molecule has 0 heterocycles. The first-order valence-corrected chi connectivity index (χ1v) is 9.46. The number of nitrogens with one attached hydrogen (secondary N) is 2. The molecule has 0 radical (unpaired) electrons. The number of ether oxygens (including phenoxy) is 1. The zero-order valence-corrected chi connectivity index (χ0v) is 16.8. The molecule has 3 aromatic rings. The summed E-state index contributed by atoms with van der Waals surface area (Å²) in [4.78, 5) is 24.5. The number of amides is 2. The van der Waals surface area contributed by atoms with E-state index in [9.17, 15) is 9.59 Å². The summed E-state index contributed by atoms with van der Waals surface area (Å²) in [6.45, 7) is 1.82. The maximum absolute atomic E-state index is 12.4. The maximum atomic E-state index is 12.4. The lowest BCUT2D eigenvalue weighted by Crippen LogP contribution is -2.20. The number of hydrogen-bond donors (Lipinski definition) is 2. The highest BCUT2D eigenvalue weighted by atomic mass is 79.9. The fourth-order valence-electron chi connectivity index (χ4n) is 2.52. The van der Waals surface area contributed by atoms with Gasteiger partial charge in [-0.3, -0.25) is 9.59 Å². The van der Waals surface area contributed by atoms with Gasteiger partial charge < -0.3 is 15.4 Å². The third kappa shape index (κ3) is 5.44. The summed E-state index contributed by atoms with van der Waals surface area (Å²) >= 11 is 3.43. The SMILES string of the molecule is Cc1cc(OCC(=O)Nc2cccc(C(=O)Nc3ccccc3)c2)ccc1Br. The predicted octanol–water partition coefficient (Wildman–Crippen LogP) is 5.03. The molecule has 0 aliphatic carbocycles. The van der Waals surface area contributed by atoms with E-state index in [4.69, 9.17) is 4.74 Å². The van der Waals surface area contributed by atoms with Gasteiger partial charge in [0, 0.05) is 21.4 Å². The lowest BCUT2D eigenvalue weighted by Gasteiger charge is -2.10. The highest BCUT2D eigenvalue weighted by Gasteiger charge is 2.09. The predicted molar refractivity (Wildman–Crippen MR) is 114 cm³/mol. The Hall–Kier alpha value is -3.12. The Morgan fingerprint density at radius 2 is 1.64 bits per heavy atom. The van der Waals surface area contributed by atoms with Crippen LogP contribution >= 0.6 is 15.9 Å². The van der Waals surface area contributed by atoms with Crippen molar-refractivity contribution in [2.75, 3.05) is 17.2 Å². The van der Waals surface area contributed by atoms with E-state index in [-0.39, 0.29) is 18.4 Å². The molecule has 3 aromatic carbocycles. The van der Waals surface area contributed by atoms with E-state index in [1.807, 2.05) is 49.4 Å². The summed E-state index contributed by atoms with van der Waals surface area (Å²) < 4.78 is 6.50. The second kappa shape index (κ2) is 9.19. The quantitative estimate of drug-likeness (QED) is 0.567. The second-order valence-electron chi connectivity index (χ2n) is 6.15. The Morgan fingerprint density at radius 3 is 2.39 bits per heavy atom. The molecule has 3 rings (SSSR count). The Balaban J connectivity index is 1.58. The number of para-hydroxylation sites is 1. The molecule has 142 valence electrons. The van der Waals surface area contributed by atoms with Crippen LogP contribution in [0.1, 0.15) is 15.9 Å². The number of benzene rings is 3. The van der Waals surface area contributed by atoms with E-state index in [1.54, 1.807) is 30.3 Å². The summed E-state index contributed by atoms with van der Waals surface area (Å²) in [5.41, 5.74) is 2.71. The Bertz CT molecular complexity index is 990. The number of halogens is 1. The van der Waals surface area contributed by atoms with Crippen LogP contribution in [0, 0.1) is 6.92 Å². The summed E-state index contributed by atoms with van der Waals surface area (Å²) in [6.07, 6.45) is 0. The standard InChI is InChI=1S/C22H19BrN2O3/c1-15-12-19(10-11-20(15)23)28-14-21(26)24-18-9-5-6-16(13-18)22(27)25-17-7-3-2-4-8-17/h2-13H,14H2,1H3,(H,24,26)(H,25,27). The van der Waals surface area contributed by atoms with Crippen molar-refractivity contribution >= 4 is 39.1 Å². The van der Waals surface area contributed by atoms with Gasteiger partial charge in [-0.2, -0.15) is 0 Å². The maximum Gasteiger partial charge on any atom is 0.262 e. The largest absolute Gasteiger partial charge is 0.484 e. The van der Waals surface area contributed by atoms with Gasteiger partial charge in [-0.25, -0.2) is 0 Å². The Morgan fingerprint density at radius 1 is 0.893 bits per heavy atom. The minimum atomic E-state index is -0.304. The monoisotopic (exact) mass is 438 g/mol. The van der Waals surface area contributed by atoms with Crippen molar-refractivity contribution in [2.24, 2.45) is 0 Å². The van der Waals surface area contributed by atoms with Crippen molar-refractivity contribution < 1.29 is 14.3 Å². The van der Waals surface area contributed by atoms with Crippen molar-refractivity contribution in [1.29, 1.82) is 0 Å². The van der Waals surface area contributed by atoms with Crippen LogP contribution in [0.25, 0.3) is 0 Å². The molecule has 0 saturated carbocycles. The molecule has 6 heteroatoms. The first-order chi connectivity index (χ1) is 13.5. The lowest BCUT2D eigenvalue weighted by atomic mass is 10.2.